The van der Waals surface area contributed by atoms with Crippen molar-refractivity contribution in [2.24, 2.45) is 5.73 Å². The van der Waals surface area contributed by atoms with Gasteiger partial charge in [-0.25, -0.2) is 4.39 Å². The highest BCUT2D eigenvalue weighted by atomic mass is 19.1. The second-order valence-electron chi connectivity index (χ2n) is 3.16. The van der Waals surface area contributed by atoms with Gasteiger partial charge in [-0.05, 0) is 17.7 Å². The van der Waals surface area contributed by atoms with Crippen molar-refractivity contribution in [3.05, 3.63) is 41.2 Å². The zero-order valence-corrected chi connectivity index (χ0v) is 8.31. The molecule has 3 N–H and O–H groups in total. The van der Waals surface area contributed by atoms with Gasteiger partial charge in [0.05, 0.1) is 6.42 Å². The second-order valence-corrected chi connectivity index (χ2v) is 3.16. The molecule has 0 fully saturated rings. The molecule has 0 aromatic heterocycles. The minimum absolute atomic E-state index is 0.188. The van der Waals surface area contributed by atoms with Crippen LogP contribution in [0.15, 0.2) is 24.3 Å². The summed E-state index contributed by atoms with van der Waals surface area (Å²) in [5, 5.41) is 8.51. The number of halogens is 1. The zero-order chi connectivity index (χ0) is 12.1. The highest BCUT2D eigenvalue weighted by Crippen LogP contribution is 2.12. The van der Waals surface area contributed by atoms with Crippen LogP contribution in [0.5, 0.6) is 0 Å². The van der Waals surface area contributed by atoms with Gasteiger partial charge in [-0.1, -0.05) is 12.1 Å². The van der Waals surface area contributed by atoms with Gasteiger partial charge in [0.1, 0.15) is 5.82 Å². The minimum Gasteiger partial charge on any atom is -0.481 e. The topological polar surface area (TPSA) is 80.4 Å². The number of nitrogens with two attached hydrogens (primary N) is 1. The summed E-state index contributed by atoms with van der Waals surface area (Å²) in [6.07, 6.45) is 2.04. The van der Waals surface area contributed by atoms with Crippen LogP contribution in [0.25, 0.3) is 6.08 Å². The van der Waals surface area contributed by atoms with Crippen LogP contribution in [-0.4, -0.2) is 17.0 Å². The fourth-order valence-electron chi connectivity index (χ4n) is 1.16. The average Bonchev–Trinajstić information content (AvgIpc) is 2.15. The highest BCUT2D eigenvalue weighted by Gasteiger charge is 2.04. The number of hydrogen-bond donors (Lipinski definition) is 2. The monoisotopic (exact) mass is 223 g/mol. The van der Waals surface area contributed by atoms with Crippen molar-refractivity contribution in [2.75, 3.05) is 0 Å². The maximum absolute atomic E-state index is 13.4. The van der Waals surface area contributed by atoms with Crippen molar-refractivity contribution < 1.29 is 19.1 Å². The fraction of sp³-hybridized carbons (Fsp3) is 0.0909. The number of aliphatic carboxylic acids is 1. The van der Waals surface area contributed by atoms with Crippen molar-refractivity contribution in [1.29, 1.82) is 0 Å². The van der Waals surface area contributed by atoms with Crippen molar-refractivity contribution in [3.8, 4) is 0 Å². The Labute approximate surface area is 91.2 Å². The molecule has 0 aliphatic carbocycles. The molecule has 0 saturated heterocycles. The van der Waals surface area contributed by atoms with Crippen molar-refractivity contribution in [1.82, 2.24) is 0 Å². The quantitative estimate of drug-likeness (QED) is 0.746. The number of carbonyl (C=O) groups excluding carboxylic acids is 1. The molecule has 0 spiro atoms. The zero-order valence-electron chi connectivity index (χ0n) is 8.31. The molecular formula is C11H10FNO3. The Bertz CT molecular complexity index is 455. The molecule has 1 aromatic rings. The summed E-state index contributed by atoms with van der Waals surface area (Å²) in [4.78, 5) is 20.8. The fourth-order valence-corrected chi connectivity index (χ4v) is 1.16. The van der Waals surface area contributed by atoms with Gasteiger partial charge in [0.15, 0.2) is 0 Å². The van der Waals surface area contributed by atoms with Crippen LogP contribution in [0.3, 0.4) is 0 Å². The van der Waals surface area contributed by atoms with E-state index in [2.05, 4.69) is 0 Å². The summed E-state index contributed by atoms with van der Waals surface area (Å²) in [6, 6.07) is 4.00. The molecule has 0 aliphatic rings. The summed E-state index contributed by atoms with van der Waals surface area (Å²) < 4.78 is 13.4. The van der Waals surface area contributed by atoms with Crippen LogP contribution in [0, 0.1) is 5.82 Å². The molecule has 0 bridgehead atoms. The Morgan fingerprint density at radius 3 is 2.62 bits per heavy atom. The second kappa shape index (κ2) is 5.06. The van der Waals surface area contributed by atoms with E-state index in [9.17, 15) is 14.0 Å². The number of primary amides is 1. The van der Waals surface area contributed by atoms with E-state index in [1.165, 1.54) is 18.2 Å². The summed E-state index contributed by atoms with van der Waals surface area (Å²) in [7, 11) is 0. The van der Waals surface area contributed by atoms with E-state index in [0.717, 1.165) is 12.1 Å². The van der Waals surface area contributed by atoms with Gasteiger partial charge in [-0.15, -0.1) is 0 Å². The Balaban J connectivity index is 2.91. The standard InChI is InChI=1S/C11H10FNO3/c12-9-5-7(6-11(15)16)1-2-8(9)3-4-10(13)14/h1-5H,6H2,(H2,13,14)(H,15,16). The number of carbonyl (C=O) groups is 2. The molecule has 84 valence electrons. The minimum atomic E-state index is -1.03. The summed E-state index contributed by atoms with van der Waals surface area (Å²) in [5.74, 6) is -2.29. The van der Waals surface area contributed by atoms with Crippen LogP contribution in [-0.2, 0) is 16.0 Å². The third-order valence-electron chi connectivity index (χ3n) is 1.85. The van der Waals surface area contributed by atoms with E-state index in [-0.39, 0.29) is 12.0 Å². The van der Waals surface area contributed by atoms with E-state index in [0.29, 0.717) is 5.56 Å². The number of rotatable bonds is 4. The lowest BCUT2D eigenvalue weighted by molar-refractivity contribution is -0.136. The van der Waals surface area contributed by atoms with Gasteiger partial charge >= 0.3 is 5.97 Å². The van der Waals surface area contributed by atoms with E-state index >= 15 is 0 Å². The normalized spacial score (nSPS) is 10.6. The molecular weight excluding hydrogens is 213 g/mol. The van der Waals surface area contributed by atoms with Crippen LogP contribution in [0.2, 0.25) is 0 Å². The molecule has 0 atom stereocenters. The summed E-state index contributed by atoms with van der Waals surface area (Å²) in [5.41, 5.74) is 5.41. The maximum atomic E-state index is 13.4. The molecule has 1 amide bonds. The number of carboxylic acid groups (broad SMARTS) is 1. The third kappa shape index (κ3) is 3.53. The first-order valence-electron chi connectivity index (χ1n) is 4.47. The SMILES string of the molecule is NC(=O)C=Cc1ccc(CC(=O)O)cc1F. The summed E-state index contributed by atoms with van der Waals surface area (Å²) >= 11 is 0. The van der Waals surface area contributed by atoms with E-state index in [1.54, 1.807) is 0 Å². The Kier molecular flexibility index (Phi) is 3.77. The smallest absolute Gasteiger partial charge is 0.307 e. The number of amides is 1. The van der Waals surface area contributed by atoms with Crippen molar-refractivity contribution in [3.63, 3.8) is 0 Å². The van der Waals surface area contributed by atoms with Crippen LogP contribution in [0.1, 0.15) is 11.1 Å². The van der Waals surface area contributed by atoms with Crippen LogP contribution in [0.4, 0.5) is 4.39 Å². The van der Waals surface area contributed by atoms with Crippen molar-refractivity contribution in [2.45, 2.75) is 6.42 Å². The Hall–Kier alpha value is -2.17. The first-order valence-corrected chi connectivity index (χ1v) is 4.47. The molecule has 16 heavy (non-hydrogen) atoms. The third-order valence-corrected chi connectivity index (χ3v) is 1.85. The lowest BCUT2D eigenvalue weighted by Gasteiger charge is -2.00. The lowest BCUT2D eigenvalue weighted by atomic mass is 10.1. The first kappa shape index (κ1) is 11.9. The first-order chi connectivity index (χ1) is 7.49. The Morgan fingerprint density at radius 1 is 1.44 bits per heavy atom. The lowest BCUT2D eigenvalue weighted by Crippen LogP contribution is -2.05. The Morgan fingerprint density at radius 2 is 2.12 bits per heavy atom. The van der Waals surface area contributed by atoms with Gasteiger partial charge in [0, 0.05) is 11.6 Å². The molecule has 5 heteroatoms. The van der Waals surface area contributed by atoms with Crippen molar-refractivity contribution >= 4 is 18.0 Å². The number of carboxylic acids is 1. The van der Waals surface area contributed by atoms with E-state index in [4.69, 9.17) is 10.8 Å². The molecule has 0 saturated carbocycles. The number of benzene rings is 1. The van der Waals surface area contributed by atoms with Gasteiger partial charge in [-0.2, -0.15) is 0 Å². The predicted octanol–water partition coefficient (Wildman–Crippen LogP) is 0.951. The maximum Gasteiger partial charge on any atom is 0.307 e. The van der Waals surface area contributed by atoms with Gasteiger partial charge in [0.25, 0.3) is 0 Å². The number of hydrogen-bond acceptors (Lipinski definition) is 2. The largest absolute Gasteiger partial charge is 0.481 e. The van der Waals surface area contributed by atoms with Gasteiger partial charge in [-0.3, -0.25) is 9.59 Å². The molecule has 0 radical (unpaired) electrons. The molecule has 0 aliphatic heterocycles. The van der Waals surface area contributed by atoms with Crippen LogP contribution >= 0.6 is 0 Å². The molecule has 0 unspecified atom stereocenters. The van der Waals surface area contributed by atoms with Crippen LogP contribution < -0.4 is 5.73 Å². The molecule has 4 nitrogen and oxygen atoms in total. The van der Waals surface area contributed by atoms with E-state index < -0.39 is 17.7 Å². The molecule has 1 rings (SSSR count). The van der Waals surface area contributed by atoms with Gasteiger partial charge in [0.2, 0.25) is 5.91 Å². The average molecular weight is 223 g/mol. The van der Waals surface area contributed by atoms with Gasteiger partial charge < -0.3 is 10.8 Å². The highest BCUT2D eigenvalue weighted by molar-refractivity contribution is 5.90. The summed E-state index contributed by atoms with van der Waals surface area (Å²) in [6.45, 7) is 0. The van der Waals surface area contributed by atoms with E-state index in [1.807, 2.05) is 0 Å². The molecule has 0 heterocycles. The molecule has 1 aromatic carbocycles. The predicted molar refractivity (Wildman–Crippen MR) is 56.0 cm³/mol.